The van der Waals surface area contributed by atoms with Crippen LogP contribution in [0.4, 0.5) is 0 Å². The quantitative estimate of drug-likeness (QED) is 0.587. The summed E-state index contributed by atoms with van der Waals surface area (Å²) in [6, 6.07) is 0. The summed E-state index contributed by atoms with van der Waals surface area (Å²) in [5, 5.41) is 3.31. The average Bonchev–Trinajstić information content (AvgIpc) is 2.06. The van der Waals surface area contributed by atoms with Gasteiger partial charge in [-0.1, -0.05) is 0 Å². The van der Waals surface area contributed by atoms with Gasteiger partial charge in [-0.2, -0.15) is 0 Å². The Balaban J connectivity index is 2.12. The minimum atomic E-state index is -0.285. The molecule has 1 saturated heterocycles. The summed E-state index contributed by atoms with van der Waals surface area (Å²) in [7, 11) is 1.47. The largest absolute Gasteiger partial charge is 0.468 e. The number of rotatable bonds is 1. The molecule has 0 bridgehead atoms. The molecule has 2 atom stereocenters. The van der Waals surface area contributed by atoms with E-state index >= 15 is 0 Å². The molecule has 2 aliphatic rings. The third kappa shape index (κ3) is 0.891. The van der Waals surface area contributed by atoms with Gasteiger partial charge in [-0.15, -0.1) is 0 Å². The molecule has 0 aromatic carbocycles. The third-order valence-corrected chi connectivity index (χ3v) is 3.30. The van der Waals surface area contributed by atoms with E-state index in [1.54, 1.807) is 0 Å². The molecule has 2 rings (SSSR count). The van der Waals surface area contributed by atoms with Gasteiger partial charge in [-0.25, -0.2) is 0 Å². The molecule has 68 valence electrons. The molecule has 1 aliphatic carbocycles. The van der Waals surface area contributed by atoms with Crippen molar-refractivity contribution in [3.05, 3.63) is 0 Å². The van der Waals surface area contributed by atoms with Crippen molar-refractivity contribution in [3.63, 3.8) is 0 Å². The second-order valence-electron chi connectivity index (χ2n) is 3.77. The number of methoxy groups -OCH3 is 1. The Morgan fingerprint density at radius 1 is 1.58 bits per heavy atom. The van der Waals surface area contributed by atoms with E-state index in [0.717, 1.165) is 13.0 Å². The van der Waals surface area contributed by atoms with Crippen LogP contribution < -0.4 is 5.32 Å². The van der Waals surface area contributed by atoms with Gasteiger partial charge < -0.3 is 10.1 Å². The minimum absolute atomic E-state index is 0.0570. The number of nitrogens with one attached hydrogen (secondary N) is 1. The predicted octanol–water partition coefficient (Wildman–Crippen LogP) is 0.692. The van der Waals surface area contributed by atoms with Crippen molar-refractivity contribution in [1.29, 1.82) is 0 Å². The number of carbonyl (C=O) groups excluding carboxylic acids is 1. The van der Waals surface area contributed by atoms with Crippen molar-refractivity contribution in [2.75, 3.05) is 13.7 Å². The number of esters is 1. The molecule has 0 aromatic heterocycles. The third-order valence-electron chi connectivity index (χ3n) is 3.30. The van der Waals surface area contributed by atoms with E-state index in [0.29, 0.717) is 5.92 Å². The number of hydrogen-bond acceptors (Lipinski definition) is 3. The molecule has 0 spiro atoms. The Bertz CT molecular complexity index is 205. The molecule has 0 radical (unpaired) electrons. The van der Waals surface area contributed by atoms with Gasteiger partial charge in [0.2, 0.25) is 0 Å². The first kappa shape index (κ1) is 8.05. The monoisotopic (exact) mass is 169 g/mol. The lowest BCUT2D eigenvalue weighted by atomic mass is 9.63. The zero-order valence-corrected chi connectivity index (χ0v) is 7.43. The van der Waals surface area contributed by atoms with Gasteiger partial charge >= 0.3 is 5.97 Å². The normalized spacial score (nSPS) is 39.6. The van der Waals surface area contributed by atoms with Gasteiger partial charge in [0.1, 0.15) is 5.54 Å². The molecule has 3 heteroatoms. The van der Waals surface area contributed by atoms with Gasteiger partial charge in [0, 0.05) is 0 Å². The molecule has 1 saturated carbocycles. The Morgan fingerprint density at radius 3 is 2.92 bits per heavy atom. The van der Waals surface area contributed by atoms with E-state index in [2.05, 4.69) is 5.32 Å². The summed E-state index contributed by atoms with van der Waals surface area (Å²) >= 11 is 0. The predicted molar refractivity (Wildman–Crippen MR) is 44.7 cm³/mol. The molecule has 0 aromatic rings. The topological polar surface area (TPSA) is 38.3 Å². The fourth-order valence-corrected chi connectivity index (χ4v) is 2.44. The Hall–Kier alpha value is -0.570. The summed E-state index contributed by atoms with van der Waals surface area (Å²) in [5.41, 5.74) is -0.285. The average molecular weight is 169 g/mol. The first-order valence-corrected chi connectivity index (χ1v) is 4.63. The van der Waals surface area contributed by atoms with Crippen molar-refractivity contribution in [1.82, 2.24) is 5.32 Å². The molecule has 0 amide bonds. The van der Waals surface area contributed by atoms with E-state index in [4.69, 9.17) is 4.74 Å². The summed E-state index contributed by atoms with van der Waals surface area (Å²) in [5.74, 6) is 0.483. The van der Waals surface area contributed by atoms with Crippen molar-refractivity contribution >= 4 is 5.97 Å². The van der Waals surface area contributed by atoms with Crippen LogP contribution in [0.3, 0.4) is 0 Å². The number of carbonyl (C=O) groups is 1. The van der Waals surface area contributed by atoms with Crippen LogP contribution in [0.15, 0.2) is 0 Å². The lowest BCUT2D eigenvalue weighted by molar-refractivity contribution is -0.159. The van der Waals surface area contributed by atoms with Gasteiger partial charge in [0.05, 0.1) is 7.11 Å². The molecule has 1 N–H and O–H groups in total. The van der Waals surface area contributed by atoms with Crippen LogP contribution >= 0.6 is 0 Å². The summed E-state index contributed by atoms with van der Waals surface area (Å²) < 4.78 is 4.81. The molecule has 3 nitrogen and oxygen atoms in total. The minimum Gasteiger partial charge on any atom is -0.468 e. The van der Waals surface area contributed by atoms with Crippen LogP contribution in [0.1, 0.15) is 25.7 Å². The van der Waals surface area contributed by atoms with Crippen LogP contribution in [-0.2, 0) is 9.53 Å². The van der Waals surface area contributed by atoms with Crippen molar-refractivity contribution in [2.24, 2.45) is 5.92 Å². The van der Waals surface area contributed by atoms with Crippen LogP contribution in [0.2, 0.25) is 0 Å². The fraction of sp³-hybridized carbons (Fsp3) is 0.889. The Labute approximate surface area is 72.5 Å². The zero-order chi connectivity index (χ0) is 8.60. The van der Waals surface area contributed by atoms with Gasteiger partial charge in [-0.3, -0.25) is 4.79 Å². The Morgan fingerprint density at radius 2 is 2.42 bits per heavy atom. The maximum Gasteiger partial charge on any atom is 0.326 e. The second kappa shape index (κ2) is 2.73. The molecule has 12 heavy (non-hydrogen) atoms. The van der Waals surface area contributed by atoms with Crippen LogP contribution in [-0.4, -0.2) is 25.2 Å². The van der Waals surface area contributed by atoms with E-state index in [1.165, 1.54) is 26.4 Å². The van der Waals surface area contributed by atoms with Crippen LogP contribution in [0.5, 0.6) is 0 Å². The fourth-order valence-electron chi connectivity index (χ4n) is 2.44. The Kier molecular flexibility index (Phi) is 1.83. The number of ether oxygens (including phenoxy) is 1. The molecule has 0 unspecified atom stereocenters. The SMILES string of the molecule is COC(=O)[C@@]12CC[C@@H]1CCCN2. The van der Waals surface area contributed by atoms with E-state index in [-0.39, 0.29) is 11.5 Å². The number of piperidine rings is 1. The lowest BCUT2D eigenvalue weighted by Crippen LogP contribution is -2.66. The van der Waals surface area contributed by atoms with Crippen molar-refractivity contribution < 1.29 is 9.53 Å². The molecule has 2 fully saturated rings. The summed E-state index contributed by atoms with van der Waals surface area (Å²) in [6.45, 7) is 0.964. The van der Waals surface area contributed by atoms with Gasteiger partial charge in [0.25, 0.3) is 0 Å². The molecule has 1 heterocycles. The van der Waals surface area contributed by atoms with Crippen LogP contribution in [0.25, 0.3) is 0 Å². The van der Waals surface area contributed by atoms with Gasteiger partial charge in [-0.05, 0) is 38.1 Å². The smallest absolute Gasteiger partial charge is 0.326 e. The van der Waals surface area contributed by atoms with Gasteiger partial charge in [0.15, 0.2) is 0 Å². The van der Waals surface area contributed by atoms with Crippen molar-refractivity contribution in [2.45, 2.75) is 31.2 Å². The highest BCUT2D eigenvalue weighted by atomic mass is 16.5. The maximum atomic E-state index is 11.5. The number of fused-ring (bicyclic) bond motifs is 1. The second-order valence-corrected chi connectivity index (χ2v) is 3.77. The maximum absolute atomic E-state index is 11.5. The lowest BCUT2D eigenvalue weighted by Gasteiger charge is -2.50. The molecule has 1 aliphatic heterocycles. The number of hydrogen-bond donors (Lipinski definition) is 1. The van der Waals surface area contributed by atoms with Crippen molar-refractivity contribution in [3.8, 4) is 0 Å². The van der Waals surface area contributed by atoms with Crippen LogP contribution in [0, 0.1) is 5.92 Å². The highest BCUT2D eigenvalue weighted by Gasteiger charge is 2.54. The first-order chi connectivity index (χ1) is 5.79. The first-order valence-electron chi connectivity index (χ1n) is 4.63. The van der Waals surface area contributed by atoms with E-state index < -0.39 is 0 Å². The summed E-state index contributed by atoms with van der Waals surface area (Å²) in [6.07, 6.45) is 4.53. The summed E-state index contributed by atoms with van der Waals surface area (Å²) in [4.78, 5) is 11.5. The highest BCUT2D eigenvalue weighted by molar-refractivity contribution is 5.82. The van der Waals surface area contributed by atoms with E-state index in [9.17, 15) is 4.79 Å². The molecular formula is C9H15NO2. The van der Waals surface area contributed by atoms with E-state index in [1.807, 2.05) is 0 Å². The highest BCUT2D eigenvalue weighted by Crippen LogP contribution is 2.44. The standard InChI is InChI=1S/C9H15NO2/c1-12-8(11)9-5-4-7(9)3-2-6-10-9/h7,10H,2-6H2,1H3/t7-,9+/m0/s1. The zero-order valence-electron chi connectivity index (χ0n) is 7.43. The molecular weight excluding hydrogens is 154 g/mol.